The summed E-state index contributed by atoms with van der Waals surface area (Å²) in [5.41, 5.74) is 1.54. The number of carbonyl (C=O) groups is 2. The van der Waals surface area contributed by atoms with Gasteiger partial charge in [0.1, 0.15) is 6.26 Å². The number of piperazine rings is 1. The summed E-state index contributed by atoms with van der Waals surface area (Å²) in [4.78, 5) is 33.3. The first-order chi connectivity index (χ1) is 13.2. The monoisotopic (exact) mass is 367 g/mol. The zero-order valence-corrected chi connectivity index (χ0v) is 15.5. The zero-order valence-electron chi connectivity index (χ0n) is 15.5. The molecule has 1 aromatic heterocycles. The third-order valence-corrected chi connectivity index (χ3v) is 5.55. The van der Waals surface area contributed by atoms with Gasteiger partial charge in [-0.3, -0.25) is 9.59 Å². The molecule has 2 fully saturated rings. The van der Waals surface area contributed by atoms with Gasteiger partial charge in [-0.25, -0.2) is 4.98 Å². The van der Waals surface area contributed by atoms with Gasteiger partial charge in [0, 0.05) is 37.7 Å². The molecule has 2 heterocycles. The Morgan fingerprint density at radius 1 is 1.00 bits per heavy atom. The molecule has 1 aliphatic heterocycles. The summed E-state index contributed by atoms with van der Waals surface area (Å²) in [7, 11) is 0. The lowest BCUT2D eigenvalue weighted by Crippen LogP contribution is -2.52. The fourth-order valence-electron chi connectivity index (χ4n) is 3.98. The summed E-state index contributed by atoms with van der Waals surface area (Å²) in [5.74, 6) is 1.06. The molecule has 0 spiro atoms. The van der Waals surface area contributed by atoms with Gasteiger partial charge < -0.3 is 14.2 Å². The third kappa shape index (κ3) is 4.04. The number of nitrogens with zero attached hydrogens (tertiary/aromatic N) is 3. The maximum atomic E-state index is 12.6. The minimum absolute atomic E-state index is 0.0378. The average Bonchev–Trinajstić information content (AvgIpc) is 3.40. The normalized spacial score (nSPS) is 18.1. The van der Waals surface area contributed by atoms with Crippen molar-refractivity contribution in [2.24, 2.45) is 5.92 Å². The van der Waals surface area contributed by atoms with Crippen LogP contribution in [-0.2, 0) is 16.0 Å². The van der Waals surface area contributed by atoms with Gasteiger partial charge in [0.2, 0.25) is 17.7 Å². The molecule has 2 amide bonds. The van der Waals surface area contributed by atoms with Gasteiger partial charge >= 0.3 is 0 Å². The molecule has 142 valence electrons. The Morgan fingerprint density at radius 3 is 2.37 bits per heavy atom. The standard InChI is InChI=1S/C21H25N3O3/c25-19(14-18-15-27-20(22-18)16-6-2-1-3-7-16)23-10-12-24(13-11-23)21(26)17-8-4-5-9-17/h1-3,6-7,15,17H,4-5,8-14H2. The highest BCUT2D eigenvalue weighted by atomic mass is 16.3. The summed E-state index contributed by atoms with van der Waals surface area (Å²) >= 11 is 0. The fourth-order valence-corrected chi connectivity index (χ4v) is 3.98. The van der Waals surface area contributed by atoms with E-state index in [1.54, 1.807) is 6.26 Å². The van der Waals surface area contributed by atoms with Crippen molar-refractivity contribution in [2.45, 2.75) is 32.1 Å². The molecule has 6 heteroatoms. The first kappa shape index (κ1) is 17.8. The van der Waals surface area contributed by atoms with Crippen molar-refractivity contribution in [3.63, 3.8) is 0 Å². The molecule has 2 aromatic rings. The van der Waals surface area contributed by atoms with Crippen LogP contribution in [0.2, 0.25) is 0 Å². The predicted molar refractivity (Wildman–Crippen MR) is 101 cm³/mol. The second-order valence-corrected chi connectivity index (χ2v) is 7.37. The molecule has 1 saturated carbocycles. The van der Waals surface area contributed by atoms with Gasteiger partial charge in [0.05, 0.1) is 12.1 Å². The summed E-state index contributed by atoms with van der Waals surface area (Å²) in [6.07, 6.45) is 6.16. The SMILES string of the molecule is O=C(Cc1coc(-c2ccccc2)n1)N1CCN(C(=O)C2CCCC2)CC1. The van der Waals surface area contributed by atoms with Crippen LogP contribution >= 0.6 is 0 Å². The van der Waals surface area contributed by atoms with E-state index in [1.165, 1.54) is 0 Å². The molecule has 4 rings (SSSR count). The smallest absolute Gasteiger partial charge is 0.228 e. The minimum Gasteiger partial charge on any atom is -0.444 e. The first-order valence-electron chi connectivity index (χ1n) is 9.77. The van der Waals surface area contributed by atoms with E-state index < -0.39 is 0 Å². The molecule has 0 unspecified atom stereocenters. The van der Waals surface area contributed by atoms with Crippen molar-refractivity contribution >= 4 is 11.8 Å². The second-order valence-electron chi connectivity index (χ2n) is 7.37. The van der Waals surface area contributed by atoms with Gasteiger partial charge in [-0.15, -0.1) is 0 Å². The molecule has 0 bridgehead atoms. The van der Waals surface area contributed by atoms with Crippen molar-refractivity contribution in [2.75, 3.05) is 26.2 Å². The highest BCUT2D eigenvalue weighted by Crippen LogP contribution is 2.27. The van der Waals surface area contributed by atoms with Crippen molar-refractivity contribution in [1.82, 2.24) is 14.8 Å². The van der Waals surface area contributed by atoms with Gasteiger partial charge in [0.25, 0.3) is 0 Å². The highest BCUT2D eigenvalue weighted by molar-refractivity contribution is 5.81. The van der Waals surface area contributed by atoms with Crippen LogP contribution in [0.5, 0.6) is 0 Å². The lowest BCUT2D eigenvalue weighted by Gasteiger charge is -2.36. The molecule has 1 aromatic carbocycles. The number of benzene rings is 1. The molecule has 6 nitrogen and oxygen atoms in total. The van der Waals surface area contributed by atoms with Gasteiger partial charge in [-0.1, -0.05) is 31.0 Å². The molecular weight excluding hydrogens is 342 g/mol. The summed E-state index contributed by atoms with van der Waals surface area (Å²) < 4.78 is 5.51. The van der Waals surface area contributed by atoms with E-state index in [0.29, 0.717) is 37.8 Å². The Balaban J connectivity index is 1.30. The van der Waals surface area contributed by atoms with Gasteiger partial charge in [0.15, 0.2) is 0 Å². The first-order valence-corrected chi connectivity index (χ1v) is 9.77. The number of oxazole rings is 1. The van der Waals surface area contributed by atoms with Crippen molar-refractivity contribution in [1.29, 1.82) is 0 Å². The molecule has 1 aliphatic carbocycles. The van der Waals surface area contributed by atoms with Crippen molar-refractivity contribution < 1.29 is 14.0 Å². The van der Waals surface area contributed by atoms with E-state index in [1.807, 2.05) is 40.1 Å². The Labute approximate surface area is 159 Å². The van der Waals surface area contributed by atoms with Crippen LogP contribution < -0.4 is 0 Å². The number of hydrogen-bond acceptors (Lipinski definition) is 4. The van der Waals surface area contributed by atoms with Crippen LogP contribution in [0.15, 0.2) is 41.0 Å². The van der Waals surface area contributed by atoms with Crippen LogP contribution in [0.3, 0.4) is 0 Å². The number of aromatic nitrogens is 1. The van der Waals surface area contributed by atoms with Crippen molar-refractivity contribution in [3.05, 3.63) is 42.3 Å². The predicted octanol–water partition coefficient (Wildman–Crippen LogP) is 2.75. The number of rotatable bonds is 4. The number of amides is 2. The summed E-state index contributed by atoms with van der Waals surface area (Å²) in [6.45, 7) is 2.46. The van der Waals surface area contributed by atoms with E-state index >= 15 is 0 Å². The van der Waals surface area contributed by atoms with E-state index in [-0.39, 0.29) is 24.2 Å². The Morgan fingerprint density at radius 2 is 1.67 bits per heavy atom. The van der Waals surface area contributed by atoms with Crippen LogP contribution in [0, 0.1) is 5.92 Å². The Kier molecular flexibility index (Phi) is 5.23. The summed E-state index contributed by atoms with van der Waals surface area (Å²) in [6, 6.07) is 9.65. The molecule has 2 aliphatic rings. The van der Waals surface area contributed by atoms with Crippen molar-refractivity contribution in [3.8, 4) is 11.5 Å². The van der Waals surface area contributed by atoms with Crippen LogP contribution in [0.1, 0.15) is 31.4 Å². The maximum Gasteiger partial charge on any atom is 0.228 e. The topological polar surface area (TPSA) is 66.7 Å². The summed E-state index contributed by atoms with van der Waals surface area (Å²) in [5, 5.41) is 0. The fraction of sp³-hybridized carbons (Fsp3) is 0.476. The van der Waals surface area contributed by atoms with E-state index in [9.17, 15) is 9.59 Å². The van der Waals surface area contributed by atoms with Crippen LogP contribution in [-0.4, -0.2) is 52.8 Å². The van der Waals surface area contributed by atoms with E-state index in [0.717, 1.165) is 31.2 Å². The second kappa shape index (κ2) is 7.94. The van der Waals surface area contributed by atoms with Crippen LogP contribution in [0.25, 0.3) is 11.5 Å². The lowest BCUT2D eigenvalue weighted by atomic mass is 10.1. The molecule has 0 atom stereocenters. The number of carbonyl (C=O) groups excluding carboxylic acids is 2. The Hall–Kier alpha value is -2.63. The average molecular weight is 367 g/mol. The molecule has 1 saturated heterocycles. The van der Waals surface area contributed by atoms with Gasteiger partial charge in [-0.05, 0) is 25.0 Å². The molecular formula is C21H25N3O3. The third-order valence-electron chi connectivity index (χ3n) is 5.55. The maximum absolute atomic E-state index is 12.6. The molecule has 0 radical (unpaired) electrons. The Bertz CT molecular complexity index is 788. The highest BCUT2D eigenvalue weighted by Gasteiger charge is 2.30. The molecule has 0 N–H and O–H groups in total. The minimum atomic E-state index is 0.0378. The largest absolute Gasteiger partial charge is 0.444 e. The zero-order chi connectivity index (χ0) is 18.6. The van der Waals surface area contributed by atoms with E-state index in [2.05, 4.69) is 4.98 Å². The molecule has 27 heavy (non-hydrogen) atoms. The quantitative estimate of drug-likeness (QED) is 0.833. The van der Waals surface area contributed by atoms with Crippen LogP contribution in [0.4, 0.5) is 0 Å². The lowest BCUT2D eigenvalue weighted by molar-refractivity contribution is -0.141. The van der Waals surface area contributed by atoms with E-state index in [4.69, 9.17) is 4.42 Å². The number of hydrogen-bond donors (Lipinski definition) is 0. The van der Waals surface area contributed by atoms with Gasteiger partial charge in [-0.2, -0.15) is 0 Å².